The van der Waals surface area contributed by atoms with Crippen LogP contribution in [0.25, 0.3) is 0 Å². The van der Waals surface area contributed by atoms with Crippen LogP contribution in [0.3, 0.4) is 0 Å². The molecule has 0 rings (SSSR count). The maximum atomic E-state index is 9.04. The minimum absolute atomic E-state index is 0. The average molecular weight is 199 g/mol. The Balaban J connectivity index is -0.0000000720. The van der Waals surface area contributed by atoms with Gasteiger partial charge in [-0.15, -0.1) is 0 Å². The van der Waals surface area contributed by atoms with Crippen molar-refractivity contribution in [3.8, 4) is 0 Å². The Hall–Kier alpha value is 0.313. The van der Waals surface area contributed by atoms with Gasteiger partial charge in [0.1, 0.15) is 0 Å². The van der Waals surface area contributed by atoms with Gasteiger partial charge in [0.15, 0.2) is 0 Å². The van der Waals surface area contributed by atoms with Crippen molar-refractivity contribution < 1.29 is 24.3 Å². The van der Waals surface area contributed by atoms with Crippen molar-refractivity contribution >= 4 is 17.9 Å². The molecule has 0 aromatic heterocycles. The molecule has 0 aliphatic heterocycles. The summed E-state index contributed by atoms with van der Waals surface area (Å²) < 4.78 is 0. The number of carbonyl (C=O) groups excluding carboxylic acids is 1. The van der Waals surface area contributed by atoms with Crippen molar-refractivity contribution in [2.24, 2.45) is 5.73 Å². The molecule has 0 saturated heterocycles. The van der Waals surface area contributed by atoms with E-state index in [4.69, 9.17) is 4.79 Å². The fourth-order valence-electron chi connectivity index (χ4n) is 0. The van der Waals surface area contributed by atoms with Gasteiger partial charge in [0, 0.05) is 0 Å². The third-order valence-electron chi connectivity index (χ3n) is 0.354. The first-order valence-corrected chi connectivity index (χ1v) is 2.81. The first kappa shape index (κ1) is 16.1. The van der Waals surface area contributed by atoms with E-state index in [0.29, 0.717) is 0 Å². The van der Waals surface area contributed by atoms with Crippen LogP contribution in [0.1, 0.15) is 19.8 Å². The van der Waals surface area contributed by atoms with Crippen LogP contribution in [0.2, 0.25) is 0 Å². The number of hydrogen-bond donors (Lipinski definition) is 1. The van der Waals surface area contributed by atoms with E-state index in [9.17, 15) is 0 Å². The molecule has 0 atom stereocenters. The van der Waals surface area contributed by atoms with Crippen LogP contribution >= 0.6 is 0 Å². The summed E-state index contributed by atoms with van der Waals surface area (Å²) in [5.41, 5.74) is 4.29. The van der Waals surface area contributed by atoms with Gasteiger partial charge in [-0.25, -0.2) is 0 Å². The maximum Gasteiger partial charge on any atom is 2.00 e. The molecule has 2 N–H and O–H groups in total. The largest absolute Gasteiger partial charge is 2.00 e. The molecule has 50 valence electrons. The SMILES string of the molecule is NC(=O)[S-].[CH2-]CCC.[Zn+2]. The van der Waals surface area contributed by atoms with Gasteiger partial charge in [0.2, 0.25) is 0 Å². The summed E-state index contributed by atoms with van der Waals surface area (Å²) in [5, 5.41) is -0.750. The van der Waals surface area contributed by atoms with Gasteiger partial charge in [-0.3, -0.25) is 0 Å². The topological polar surface area (TPSA) is 43.1 Å². The van der Waals surface area contributed by atoms with Crippen molar-refractivity contribution in [2.45, 2.75) is 19.8 Å². The van der Waals surface area contributed by atoms with Crippen LogP contribution in [-0.4, -0.2) is 5.24 Å². The summed E-state index contributed by atoms with van der Waals surface area (Å²) in [6.07, 6.45) is 2.28. The Kier molecular flexibility index (Phi) is 28.3. The van der Waals surface area contributed by atoms with E-state index in [1.807, 2.05) is 0 Å². The van der Waals surface area contributed by atoms with Crippen LogP contribution < -0.4 is 5.73 Å². The van der Waals surface area contributed by atoms with Gasteiger partial charge in [-0.1, -0.05) is 13.3 Å². The number of hydrogen-bond acceptors (Lipinski definition) is 2. The zero-order chi connectivity index (χ0) is 6.99. The summed E-state index contributed by atoms with van der Waals surface area (Å²) >= 11 is 3.76. The molecule has 9 heavy (non-hydrogen) atoms. The Morgan fingerprint density at radius 3 is 1.89 bits per heavy atom. The first-order chi connectivity index (χ1) is 3.65. The summed E-state index contributed by atoms with van der Waals surface area (Å²) in [4.78, 5) is 9.04. The van der Waals surface area contributed by atoms with Crippen LogP contribution in [0.5, 0.6) is 0 Å². The van der Waals surface area contributed by atoms with Crippen LogP contribution in [-0.2, 0) is 32.1 Å². The van der Waals surface area contributed by atoms with Gasteiger partial charge >= 0.3 is 19.5 Å². The number of amides is 1. The van der Waals surface area contributed by atoms with Gasteiger partial charge < -0.3 is 30.1 Å². The molecule has 0 unspecified atom stereocenters. The zero-order valence-corrected chi connectivity index (χ0v) is 9.51. The second-order valence-electron chi connectivity index (χ2n) is 1.17. The normalized spacial score (nSPS) is 6.00. The van der Waals surface area contributed by atoms with E-state index in [2.05, 4.69) is 32.2 Å². The van der Waals surface area contributed by atoms with Crippen LogP contribution in [0.15, 0.2) is 0 Å². The smallest absolute Gasteiger partial charge is 0.719 e. The average Bonchev–Trinajstić information content (AvgIpc) is 1.65. The molecular formula is C5H11NOSZn. The predicted octanol–water partition coefficient (Wildman–Crippen LogP) is 1.23. The van der Waals surface area contributed by atoms with E-state index in [1.165, 1.54) is 6.42 Å². The molecule has 0 bridgehead atoms. The monoisotopic (exact) mass is 197 g/mol. The number of nitrogens with two attached hydrogens (primary N) is 1. The summed E-state index contributed by atoms with van der Waals surface area (Å²) in [7, 11) is 0. The Morgan fingerprint density at radius 1 is 1.78 bits per heavy atom. The minimum atomic E-state index is -0.750. The van der Waals surface area contributed by atoms with Gasteiger partial charge in [0.05, 0.1) is 5.24 Å². The van der Waals surface area contributed by atoms with Crippen molar-refractivity contribution in [1.29, 1.82) is 0 Å². The number of unbranched alkanes of at least 4 members (excludes halogenated alkanes) is 1. The van der Waals surface area contributed by atoms with Crippen molar-refractivity contribution in [2.75, 3.05) is 0 Å². The molecule has 1 amide bonds. The quantitative estimate of drug-likeness (QED) is 0.391. The fourth-order valence-corrected chi connectivity index (χ4v) is 0. The molecule has 0 aromatic carbocycles. The standard InChI is InChI=1S/C4H9.CH3NOS.Zn/c1-3-4-2;2-1(3)4;/h1,3-4H2,2H3;(H3,2,3,4);/q-1;;+2/p-1. The minimum Gasteiger partial charge on any atom is -0.719 e. The summed E-state index contributed by atoms with van der Waals surface area (Å²) in [6.45, 7) is 5.72. The Labute approximate surface area is 74.7 Å². The maximum absolute atomic E-state index is 9.04. The third kappa shape index (κ3) is 192. The molecule has 0 aromatic rings. The molecule has 0 aliphatic carbocycles. The fraction of sp³-hybridized carbons (Fsp3) is 0.600. The van der Waals surface area contributed by atoms with Gasteiger partial charge in [-0.2, -0.15) is 6.42 Å². The number of primary amides is 1. The molecule has 2 nitrogen and oxygen atoms in total. The van der Waals surface area contributed by atoms with Crippen molar-refractivity contribution in [3.05, 3.63) is 6.92 Å². The first-order valence-electron chi connectivity index (χ1n) is 2.40. The molecule has 4 heteroatoms. The van der Waals surface area contributed by atoms with Crippen LogP contribution in [0.4, 0.5) is 4.79 Å². The van der Waals surface area contributed by atoms with Crippen LogP contribution in [0, 0.1) is 6.92 Å². The number of rotatable bonds is 1. The van der Waals surface area contributed by atoms with E-state index in [1.54, 1.807) is 0 Å². The Morgan fingerprint density at radius 2 is 1.89 bits per heavy atom. The van der Waals surface area contributed by atoms with Gasteiger partial charge in [-0.05, 0) is 0 Å². The molecule has 0 aliphatic rings. The van der Waals surface area contributed by atoms with Crippen molar-refractivity contribution in [3.63, 3.8) is 0 Å². The second kappa shape index (κ2) is 15.7. The molecule has 0 fully saturated rings. The molecule has 0 heterocycles. The Bertz CT molecular complexity index is 54.9. The van der Waals surface area contributed by atoms with Gasteiger partial charge in [0.25, 0.3) is 0 Å². The number of carbonyl (C=O) groups is 1. The van der Waals surface area contributed by atoms with E-state index >= 15 is 0 Å². The summed E-state index contributed by atoms with van der Waals surface area (Å²) in [5.74, 6) is 0. The summed E-state index contributed by atoms with van der Waals surface area (Å²) in [6, 6.07) is 0. The van der Waals surface area contributed by atoms with Crippen molar-refractivity contribution in [1.82, 2.24) is 0 Å². The van der Waals surface area contributed by atoms with E-state index in [0.717, 1.165) is 6.42 Å². The molecule has 0 radical (unpaired) electrons. The second-order valence-corrected chi connectivity index (χ2v) is 1.57. The van der Waals surface area contributed by atoms with E-state index in [-0.39, 0.29) is 19.5 Å². The predicted molar refractivity (Wildman–Crippen MR) is 37.2 cm³/mol. The zero-order valence-electron chi connectivity index (χ0n) is 5.72. The molecular weight excluding hydrogens is 188 g/mol. The molecule has 0 saturated carbocycles. The van der Waals surface area contributed by atoms with E-state index < -0.39 is 5.24 Å². The molecule has 0 spiro atoms. The third-order valence-corrected chi connectivity index (χ3v) is 0.354.